The van der Waals surface area contributed by atoms with Crippen LogP contribution in [0.5, 0.6) is 0 Å². The molecule has 1 heterocycles. The predicted molar refractivity (Wildman–Crippen MR) is 95.5 cm³/mol. The fourth-order valence-electron chi connectivity index (χ4n) is 1.88. The molecule has 1 N–H and O–H groups in total. The van der Waals surface area contributed by atoms with Crippen LogP contribution in [0.1, 0.15) is 38.2 Å². The lowest BCUT2D eigenvalue weighted by atomic mass is 10.2. The second-order valence-electron chi connectivity index (χ2n) is 6.05. The molecule has 8 heteroatoms. The topological polar surface area (TPSA) is 90.7 Å². The Morgan fingerprint density at radius 2 is 2.04 bits per heavy atom. The lowest BCUT2D eigenvalue weighted by Crippen LogP contribution is -2.27. The molecule has 0 spiro atoms. The molecule has 1 aromatic heterocycles. The Morgan fingerprint density at radius 1 is 1.32 bits per heavy atom. The fraction of sp³-hybridized carbons (Fsp3) is 0.353. The van der Waals surface area contributed by atoms with Gasteiger partial charge in [0, 0.05) is 10.0 Å². The van der Waals surface area contributed by atoms with Gasteiger partial charge in [0.2, 0.25) is 17.5 Å². The zero-order valence-corrected chi connectivity index (χ0v) is 16.0. The molecular weight excluding hydrogens is 392 g/mol. The molecule has 1 amide bonds. The zero-order valence-electron chi connectivity index (χ0n) is 14.4. The largest absolute Gasteiger partial charge is 0.461 e. The minimum absolute atomic E-state index is 0.123. The summed E-state index contributed by atoms with van der Waals surface area (Å²) in [6.07, 6.45) is -0.755. The summed E-state index contributed by atoms with van der Waals surface area (Å²) < 4.78 is 16.5. The minimum Gasteiger partial charge on any atom is -0.461 e. The normalized spacial score (nSPS) is 11.1. The number of benzene rings is 1. The fourth-order valence-corrected chi connectivity index (χ4v) is 2.28. The summed E-state index contributed by atoms with van der Waals surface area (Å²) >= 11 is 3.36. The van der Waals surface area contributed by atoms with Gasteiger partial charge in [0.05, 0.1) is 6.61 Å². The average molecular weight is 411 g/mol. The van der Waals surface area contributed by atoms with Crippen LogP contribution < -0.4 is 5.32 Å². The van der Waals surface area contributed by atoms with Crippen molar-refractivity contribution in [2.45, 2.75) is 33.3 Å². The lowest BCUT2D eigenvalue weighted by Gasteiger charge is -2.19. The number of esters is 1. The molecule has 25 heavy (non-hydrogen) atoms. The number of carbonyl (C=O) groups is 2. The van der Waals surface area contributed by atoms with Gasteiger partial charge < -0.3 is 13.9 Å². The van der Waals surface area contributed by atoms with E-state index in [1.54, 1.807) is 45.9 Å². The van der Waals surface area contributed by atoms with E-state index in [1.807, 2.05) is 6.07 Å². The van der Waals surface area contributed by atoms with Gasteiger partial charge in [-0.05, 0) is 45.9 Å². The number of nitrogens with zero attached hydrogens (tertiary/aromatic N) is 1. The first-order valence-corrected chi connectivity index (χ1v) is 8.43. The van der Waals surface area contributed by atoms with Crippen LogP contribution in [0.15, 0.2) is 33.2 Å². The molecule has 0 saturated heterocycles. The zero-order chi connectivity index (χ0) is 18.6. The Bertz CT molecular complexity index is 780. The summed E-state index contributed by atoms with van der Waals surface area (Å²) in [5.74, 6) is -0.642. The van der Waals surface area contributed by atoms with Crippen molar-refractivity contribution in [3.8, 4) is 11.5 Å². The first-order chi connectivity index (χ1) is 11.7. The number of amides is 1. The number of ether oxygens (including phenoxy) is 2. The van der Waals surface area contributed by atoms with Crippen LogP contribution in [-0.2, 0) is 9.47 Å². The van der Waals surface area contributed by atoms with Crippen molar-refractivity contribution in [1.29, 1.82) is 0 Å². The summed E-state index contributed by atoms with van der Waals surface area (Å²) in [6, 6.07) is 7.19. The predicted octanol–water partition coefficient (Wildman–Crippen LogP) is 4.63. The number of hydrogen-bond donors (Lipinski definition) is 1. The molecule has 0 fully saturated rings. The highest BCUT2D eigenvalue weighted by atomic mass is 79.9. The van der Waals surface area contributed by atoms with Gasteiger partial charge in [0.25, 0.3) is 0 Å². The van der Waals surface area contributed by atoms with Crippen molar-refractivity contribution in [3.63, 3.8) is 0 Å². The number of halogens is 1. The van der Waals surface area contributed by atoms with E-state index < -0.39 is 17.7 Å². The molecule has 2 rings (SSSR count). The highest BCUT2D eigenvalue weighted by Gasteiger charge is 2.25. The van der Waals surface area contributed by atoms with Gasteiger partial charge in [-0.2, -0.15) is 4.98 Å². The number of oxazole rings is 1. The van der Waals surface area contributed by atoms with Crippen LogP contribution in [0.25, 0.3) is 11.5 Å². The van der Waals surface area contributed by atoms with Gasteiger partial charge >= 0.3 is 12.1 Å². The number of hydrogen-bond acceptors (Lipinski definition) is 6. The average Bonchev–Trinajstić information content (AvgIpc) is 2.89. The van der Waals surface area contributed by atoms with E-state index in [2.05, 4.69) is 26.2 Å². The Hall–Kier alpha value is -2.35. The van der Waals surface area contributed by atoms with Crippen LogP contribution in [0.2, 0.25) is 0 Å². The molecule has 0 aliphatic carbocycles. The molecule has 1 aromatic carbocycles. The van der Waals surface area contributed by atoms with E-state index in [1.165, 1.54) is 0 Å². The van der Waals surface area contributed by atoms with E-state index in [9.17, 15) is 9.59 Å². The summed E-state index contributed by atoms with van der Waals surface area (Å²) in [4.78, 5) is 28.2. The summed E-state index contributed by atoms with van der Waals surface area (Å²) in [5.41, 5.74) is -0.179. The first kappa shape index (κ1) is 19.0. The quantitative estimate of drug-likeness (QED) is 0.738. The van der Waals surface area contributed by atoms with E-state index in [4.69, 9.17) is 13.9 Å². The van der Waals surface area contributed by atoms with Gasteiger partial charge in [-0.1, -0.05) is 22.0 Å². The van der Waals surface area contributed by atoms with Crippen LogP contribution in [0.3, 0.4) is 0 Å². The number of nitrogens with one attached hydrogen (secondary N) is 1. The maximum atomic E-state index is 12.1. The molecule has 0 bridgehead atoms. The third-order valence-electron chi connectivity index (χ3n) is 2.78. The maximum Gasteiger partial charge on any atom is 0.414 e. The van der Waals surface area contributed by atoms with Crippen LogP contribution in [0, 0.1) is 0 Å². The van der Waals surface area contributed by atoms with Crippen molar-refractivity contribution >= 4 is 33.9 Å². The Kier molecular flexibility index (Phi) is 5.84. The smallest absolute Gasteiger partial charge is 0.414 e. The van der Waals surface area contributed by atoms with Gasteiger partial charge in [0.15, 0.2) is 0 Å². The van der Waals surface area contributed by atoms with Crippen molar-refractivity contribution in [2.75, 3.05) is 11.9 Å². The summed E-state index contributed by atoms with van der Waals surface area (Å²) in [5, 5.41) is 2.41. The molecular formula is C17H19BrN2O5. The Labute approximate surface area is 153 Å². The van der Waals surface area contributed by atoms with E-state index in [0.717, 1.165) is 4.47 Å². The van der Waals surface area contributed by atoms with Crippen molar-refractivity contribution in [2.24, 2.45) is 0 Å². The molecule has 0 aliphatic rings. The van der Waals surface area contributed by atoms with E-state index in [0.29, 0.717) is 5.56 Å². The maximum absolute atomic E-state index is 12.1. The van der Waals surface area contributed by atoms with Gasteiger partial charge in [-0.15, -0.1) is 0 Å². The monoisotopic (exact) mass is 410 g/mol. The van der Waals surface area contributed by atoms with Gasteiger partial charge in [-0.25, -0.2) is 9.59 Å². The second kappa shape index (κ2) is 7.69. The van der Waals surface area contributed by atoms with Crippen LogP contribution in [0.4, 0.5) is 10.7 Å². The molecule has 0 atom stereocenters. The van der Waals surface area contributed by atoms with Gasteiger partial charge in [0.1, 0.15) is 5.60 Å². The number of aromatic nitrogens is 1. The summed E-state index contributed by atoms with van der Waals surface area (Å²) in [7, 11) is 0. The van der Waals surface area contributed by atoms with Crippen molar-refractivity contribution in [1.82, 2.24) is 4.98 Å². The Morgan fingerprint density at radius 3 is 2.64 bits per heavy atom. The number of anilines is 1. The number of rotatable bonds is 4. The molecule has 2 aromatic rings. The molecule has 0 radical (unpaired) electrons. The second-order valence-corrected chi connectivity index (χ2v) is 6.97. The highest BCUT2D eigenvalue weighted by Crippen LogP contribution is 2.28. The highest BCUT2D eigenvalue weighted by molar-refractivity contribution is 9.10. The molecule has 0 aliphatic heterocycles. The third-order valence-corrected chi connectivity index (χ3v) is 3.28. The molecule has 134 valence electrons. The Balaban J connectivity index is 2.36. The number of carbonyl (C=O) groups excluding carboxylic acids is 2. The van der Waals surface area contributed by atoms with Gasteiger partial charge in [-0.3, -0.25) is 5.32 Å². The standard InChI is InChI=1S/C17H19BrN2O5/c1-5-23-15(21)12-14(20-16(22)25-17(2,3)4)24-13(19-12)10-7-6-8-11(18)9-10/h6-9H,5H2,1-4H3,(H,20,22). The lowest BCUT2D eigenvalue weighted by molar-refractivity contribution is 0.0521. The van der Waals surface area contributed by atoms with Crippen molar-refractivity contribution in [3.05, 3.63) is 34.4 Å². The first-order valence-electron chi connectivity index (χ1n) is 7.63. The SMILES string of the molecule is CCOC(=O)c1nc(-c2cccc(Br)c2)oc1NC(=O)OC(C)(C)C. The molecule has 0 saturated carbocycles. The van der Waals surface area contributed by atoms with Crippen LogP contribution >= 0.6 is 15.9 Å². The van der Waals surface area contributed by atoms with Crippen molar-refractivity contribution < 1.29 is 23.5 Å². The van der Waals surface area contributed by atoms with E-state index in [-0.39, 0.29) is 24.1 Å². The molecule has 7 nitrogen and oxygen atoms in total. The minimum atomic E-state index is -0.755. The molecule has 0 unspecified atom stereocenters. The summed E-state index contributed by atoms with van der Waals surface area (Å²) in [6.45, 7) is 7.03. The van der Waals surface area contributed by atoms with Crippen LogP contribution in [-0.4, -0.2) is 29.3 Å². The third kappa shape index (κ3) is 5.32. The van der Waals surface area contributed by atoms with E-state index >= 15 is 0 Å².